The van der Waals surface area contributed by atoms with Crippen LogP contribution in [-0.4, -0.2) is 4.57 Å². The summed E-state index contributed by atoms with van der Waals surface area (Å²) < 4.78 is 2.63. The number of hydrogen-bond acceptors (Lipinski definition) is 2. The molecular formula is C58H45N3. The maximum absolute atomic E-state index is 2.63. The van der Waals surface area contributed by atoms with Crippen LogP contribution in [0.25, 0.3) is 49.4 Å². The van der Waals surface area contributed by atoms with Crippen molar-refractivity contribution in [1.29, 1.82) is 0 Å². The molecule has 0 N–H and O–H groups in total. The van der Waals surface area contributed by atoms with E-state index in [0.29, 0.717) is 0 Å². The van der Waals surface area contributed by atoms with Crippen molar-refractivity contribution < 1.29 is 0 Å². The van der Waals surface area contributed by atoms with E-state index in [2.05, 4.69) is 242 Å². The predicted molar refractivity (Wildman–Crippen MR) is 257 cm³/mol. The van der Waals surface area contributed by atoms with Gasteiger partial charge in [0.05, 0.1) is 22.4 Å². The fourth-order valence-corrected chi connectivity index (χ4v) is 10.6. The van der Waals surface area contributed by atoms with Crippen molar-refractivity contribution in [2.24, 2.45) is 0 Å². The van der Waals surface area contributed by atoms with Gasteiger partial charge in [0.2, 0.25) is 0 Å². The minimum absolute atomic E-state index is 0.223. The molecule has 61 heavy (non-hydrogen) atoms. The van der Waals surface area contributed by atoms with E-state index in [0.717, 1.165) is 34.1 Å². The third-order valence-electron chi connectivity index (χ3n) is 13.7. The molecule has 0 spiro atoms. The Labute approximate surface area is 357 Å². The van der Waals surface area contributed by atoms with Crippen LogP contribution >= 0.6 is 0 Å². The summed E-state index contributed by atoms with van der Waals surface area (Å²) in [7, 11) is 0. The predicted octanol–water partition coefficient (Wildman–Crippen LogP) is 15.8. The third-order valence-corrected chi connectivity index (χ3v) is 13.7. The molecule has 12 rings (SSSR count). The average Bonchev–Trinajstić information content (AvgIpc) is 3.63. The van der Waals surface area contributed by atoms with Gasteiger partial charge in [-0.2, -0.15) is 0 Å². The van der Waals surface area contributed by atoms with Crippen LogP contribution in [0.15, 0.2) is 200 Å². The lowest BCUT2D eigenvalue weighted by molar-refractivity contribution is 0.594. The van der Waals surface area contributed by atoms with Crippen molar-refractivity contribution in [2.45, 2.75) is 38.5 Å². The van der Waals surface area contributed by atoms with E-state index in [4.69, 9.17) is 0 Å². The molecule has 3 nitrogen and oxygen atoms in total. The largest absolute Gasteiger partial charge is 0.310 e. The normalized spacial score (nSPS) is 14.2. The van der Waals surface area contributed by atoms with Crippen LogP contribution in [0, 0.1) is 0 Å². The van der Waals surface area contributed by atoms with E-state index in [-0.39, 0.29) is 10.8 Å². The molecule has 0 saturated carbocycles. The van der Waals surface area contributed by atoms with E-state index >= 15 is 0 Å². The minimum Gasteiger partial charge on any atom is -0.310 e. The zero-order valence-electron chi connectivity index (χ0n) is 34.9. The first kappa shape index (κ1) is 35.6. The van der Waals surface area contributed by atoms with Crippen LogP contribution in [-0.2, 0) is 10.8 Å². The molecule has 0 radical (unpaired) electrons. The minimum atomic E-state index is -0.232. The zero-order valence-corrected chi connectivity index (χ0v) is 34.9. The average molecular weight is 784 g/mol. The lowest BCUT2D eigenvalue weighted by Crippen LogP contribution is -2.33. The monoisotopic (exact) mass is 783 g/mol. The van der Waals surface area contributed by atoms with E-state index in [1.54, 1.807) is 0 Å². The van der Waals surface area contributed by atoms with Gasteiger partial charge in [-0.3, -0.25) is 0 Å². The Morgan fingerprint density at radius 3 is 1.46 bits per heavy atom. The molecule has 9 aromatic carbocycles. The lowest BCUT2D eigenvalue weighted by atomic mass is 9.68. The highest BCUT2D eigenvalue weighted by molar-refractivity contribution is 6.16. The number of benzene rings is 9. The number of hydrogen-bond donors (Lipinski definition) is 0. The number of aromatic nitrogens is 1. The molecule has 3 heterocycles. The first-order valence-corrected chi connectivity index (χ1v) is 21.4. The number of rotatable bonds is 7. The van der Waals surface area contributed by atoms with Crippen molar-refractivity contribution in [3.8, 4) is 16.8 Å². The van der Waals surface area contributed by atoms with Gasteiger partial charge in [-0.15, -0.1) is 0 Å². The molecule has 1 aromatic heterocycles. The van der Waals surface area contributed by atoms with Crippen molar-refractivity contribution in [1.82, 2.24) is 4.57 Å². The second-order valence-electron chi connectivity index (χ2n) is 17.8. The molecular weight excluding hydrogens is 739 g/mol. The topological polar surface area (TPSA) is 11.4 Å². The Morgan fingerprint density at radius 1 is 0.344 bits per heavy atom. The van der Waals surface area contributed by atoms with Crippen LogP contribution in [0.4, 0.5) is 34.1 Å². The highest BCUT2D eigenvalue weighted by Gasteiger charge is 2.44. The maximum atomic E-state index is 2.63. The highest BCUT2D eigenvalue weighted by atomic mass is 15.1. The van der Waals surface area contributed by atoms with Crippen LogP contribution < -0.4 is 9.80 Å². The molecule has 292 valence electrons. The van der Waals surface area contributed by atoms with Gasteiger partial charge in [0.15, 0.2) is 0 Å². The Kier molecular flexibility index (Phi) is 7.62. The molecule has 0 atom stereocenters. The van der Waals surface area contributed by atoms with Crippen LogP contribution in [0.1, 0.15) is 49.9 Å². The molecule has 0 fully saturated rings. The zero-order chi connectivity index (χ0) is 41.0. The van der Waals surface area contributed by atoms with Crippen molar-refractivity contribution >= 4 is 66.7 Å². The molecule has 0 bridgehead atoms. The van der Waals surface area contributed by atoms with E-state index in [9.17, 15) is 0 Å². The van der Waals surface area contributed by atoms with E-state index in [1.807, 2.05) is 0 Å². The van der Waals surface area contributed by atoms with Gasteiger partial charge in [-0.1, -0.05) is 149 Å². The SMILES string of the molecule is CC1(C)c2cccc3c2-n2c4c1cc(-c1ccc(N(c5ccccc5)c5cccc6ccccc56)cc1)cc4c1cc(N(c4ccccc4)c4ccccc4)cc(c12)C3(C)C. The first-order chi connectivity index (χ1) is 29.8. The summed E-state index contributed by atoms with van der Waals surface area (Å²) >= 11 is 0. The molecule has 2 aliphatic heterocycles. The smallest absolute Gasteiger partial charge is 0.0583 e. The summed E-state index contributed by atoms with van der Waals surface area (Å²) in [5, 5.41) is 5.03. The summed E-state index contributed by atoms with van der Waals surface area (Å²) in [5.41, 5.74) is 18.3. The molecule has 3 heteroatoms. The quantitative estimate of drug-likeness (QED) is 0.159. The van der Waals surface area contributed by atoms with Gasteiger partial charge >= 0.3 is 0 Å². The van der Waals surface area contributed by atoms with Crippen LogP contribution in [0.2, 0.25) is 0 Å². The lowest BCUT2D eigenvalue weighted by Gasteiger charge is -2.42. The number of anilines is 6. The number of nitrogens with zero attached hydrogens (tertiary/aromatic N) is 3. The second kappa shape index (κ2) is 13.1. The van der Waals surface area contributed by atoms with E-state index in [1.165, 1.54) is 71.6 Å². The Hall–Kier alpha value is -7.36. The number of fused-ring (bicyclic) bond motifs is 2. The first-order valence-electron chi connectivity index (χ1n) is 21.4. The summed E-state index contributed by atoms with van der Waals surface area (Å²) in [4.78, 5) is 4.80. The van der Waals surface area contributed by atoms with Gasteiger partial charge in [0.1, 0.15) is 0 Å². The molecule has 0 aliphatic carbocycles. The molecule has 2 aliphatic rings. The van der Waals surface area contributed by atoms with Crippen molar-refractivity contribution in [2.75, 3.05) is 9.80 Å². The van der Waals surface area contributed by atoms with Gasteiger partial charge in [-0.25, -0.2) is 0 Å². The third kappa shape index (κ3) is 5.17. The van der Waals surface area contributed by atoms with Crippen LogP contribution in [0.5, 0.6) is 0 Å². The molecule has 10 aromatic rings. The molecule has 0 unspecified atom stereocenters. The van der Waals surface area contributed by atoms with Gasteiger partial charge in [0, 0.05) is 55.4 Å². The summed E-state index contributed by atoms with van der Waals surface area (Å²) in [6.07, 6.45) is 0. The van der Waals surface area contributed by atoms with Gasteiger partial charge in [0.25, 0.3) is 0 Å². The maximum Gasteiger partial charge on any atom is 0.0583 e. The summed E-state index contributed by atoms with van der Waals surface area (Å²) in [6, 6.07) is 73.7. The van der Waals surface area contributed by atoms with Gasteiger partial charge in [-0.05, 0) is 118 Å². The van der Waals surface area contributed by atoms with Crippen molar-refractivity contribution in [3.63, 3.8) is 0 Å². The fraction of sp³-hybridized carbons (Fsp3) is 0.103. The van der Waals surface area contributed by atoms with Crippen molar-refractivity contribution in [3.05, 3.63) is 222 Å². The van der Waals surface area contributed by atoms with Gasteiger partial charge < -0.3 is 14.4 Å². The molecule has 0 amide bonds. The second-order valence-corrected chi connectivity index (χ2v) is 17.8. The van der Waals surface area contributed by atoms with Crippen LogP contribution in [0.3, 0.4) is 0 Å². The highest BCUT2D eigenvalue weighted by Crippen LogP contribution is 2.57. The standard InChI is InChI=1S/C58H45N3/c1-57(2)49-27-17-28-50-56(49)61-54-47(48-36-45(37-52(55(48)61)58(50,3)4)59(41-20-8-5-9-21-41)42-22-10-6-11-23-42)34-40(35-51(54)57)38-30-32-44(33-31-38)60(43-24-12-7-13-25-43)53-29-16-19-39-18-14-15-26-46(39)53/h5-37H,1-4H3. The summed E-state index contributed by atoms with van der Waals surface area (Å²) in [6.45, 7) is 9.69. The summed E-state index contributed by atoms with van der Waals surface area (Å²) in [5.74, 6) is 0. The Morgan fingerprint density at radius 2 is 0.836 bits per heavy atom. The van der Waals surface area contributed by atoms with E-state index < -0.39 is 0 Å². The Balaban J connectivity index is 1.10. The Bertz CT molecular complexity index is 3300. The fourth-order valence-electron chi connectivity index (χ4n) is 10.6. The molecule has 0 saturated heterocycles. The number of para-hydroxylation sites is 4.